The molecule has 1 fully saturated rings. The number of aliphatic carboxylic acids is 1. The van der Waals surface area contributed by atoms with Crippen LogP contribution in [-0.2, 0) is 9.53 Å². The standard InChI is InChI=1S/C10H18N2O4S/c1-10(8(13)14)6-16-5-7(10)12-9(15)11-3-4-17-2/h7H,3-6H2,1-2H3,(H,13,14)(H2,11,12,15). The quantitative estimate of drug-likeness (QED) is 0.613. The topological polar surface area (TPSA) is 87.7 Å². The first-order valence-electron chi connectivity index (χ1n) is 5.35. The molecule has 17 heavy (non-hydrogen) atoms. The van der Waals surface area contributed by atoms with Crippen molar-refractivity contribution in [1.29, 1.82) is 0 Å². The normalized spacial score (nSPS) is 27.8. The minimum Gasteiger partial charge on any atom is -0.481 e. The summed E-state index contributed by atoms with van der Waals surface area (Å²) in [6.45, 7) is 2.50. The van der Waals surface area contributed by atoms with Crippen molar-refractivity contribution in [2.24, 2.45) is 5.41 Å². The second-order valence-electron chi connectivity index (χ2n) is 4.18. The Kier molecular flexibility index (Phi) is 5.07. The number of carbonyl (C=O) groups excluding carboxylic acids is 1. The molecule has 0 aromatic carbocycles. The highest BCUT2D eigenvalue weighted by molar-refractivity contribution is 7.98. The van der Waals surface area contributed by atoms with E-state index in [1.165, 1.54) is 0 Å². The Morgan fingerprint density at radius 1 is 1.59 bits per heavy atom. The molecule has 0 saturated carbocycles. The van der Waals surface area contributed by atoms with Crippen molar-refractivity contribution in [2.75, 3.05) is 31.8 Å². The SMILES string of the molecule is CSCCNC(=O)NC1COCC1(C)C(=O)O. The average Bonchev–Trinajstić information content (AvgIpc) is 2.62. The van der Waals surface area contributed by atoms with Crippen LogP contribution in [0.4, 0.5) is 4.79 Å². The highest BCUT2D eigenvalue weighted by atomic mass is 32.2. The minimum absolute atomic E-state index is 0.123. The lowest BCUT2D eigenvalue weighted by molar-refractivity contribution is -0.148. The van der Waals surface area contributed by atoms with Crippen molar-refractivity contribution in [3.63, 3.8) is 0 Å². The van der Waals surface area contributed by atoms with Crippen LogP contribution in [0.5, 0.6) is 0 Å². The molecule has 2 atom stereocenters. The fourth-order valence-electron chi connectivity index (χ4n) is 1.56. The molecule has 2 unspecified atom stereocenters. The molecule has 3 N–H and O–H groups in total. The molecule has 0 aromatic rings. The van der Waals surface area contributed by atoms with E-state index in [-0.39, 0.29) is 19.2 Å². The van der Waals surface area contributed by atoms with Gasteiger partial charge >= 0.3 is 12.0 Å². The van der Waals surface area contributed by atoms with Crippen molar-refractivity contribution < 1.29 is 19.4 Å². The zero-order valence-electron chi connectivity index (χ0n) is 9.99. The highest BCUT2D eigenvalue weighted by Gasteiger charge is 2.47. The summed E-state index contributed by atoms with van der Waals surface area (Å²) in [5.74, 6) is -0.130. The molecule has 6 nitrogen and oxygen atoms in total. The van der Waals surface area contributed by atoms with E-state index in [2.05, 4.69) is 10.6 Å². The Bertz CT molecular complexity index is 300. The number of urea groups is 1. The summed E-state index contributed by atoms with van der Waals surface area (Å²) in [4.78, 5) is 22.6. The first-order valence-corrected chi connectivity index (χ1v) is 6.74. The summed E-state index contributed by atoms with van der Waals surface area (Å²) in [6.07, 6.45) is 1.95. The summed E-state index contributed by atoms with van der Waals surface area (Å²) in [6, 6.07) is -0.837. The van der Waals surface area contributed by atoms with Gasteiger partial charge in [0, 0.05) is 12.3 Å². The van der Waals surface area contributed by atoms with E-state index in [0.29, 0.717) is 6.54 Å². The first kappa shape index (κ1) is 14.1. The van der Waals surface area contributed by atoms with Gasteiger partial charge in [-0.3, -0.25) is 4.79 Å². The van der Waals surface area contributed by atoms with Crippen molar-refractivity contribution in [3.05, 3.63) is 0 Å². The maximum absolute atomic E-state index is 11.5. The van der Waals surface area contributed by atoms with Crippen LogP contribution in [0.2, 0.25) is 0 Å². The Balaban J connectivity index is 2.45. The van der Waals surface area contributed by atoms with Gasteiger partial charge in [-0.1, -0.05) is 0 Å². The van der Waals surface area contributed by atoms with Gasteiger partial charge in [-0.15, -0.1) is 0 Å². The number of thioether (sulfide) groups is 1. The summed E-state index contributed by atoms with van der Waals surface area (Å²) >= 11 is 1.63. The van der Waals surface area contributed by atoms with Crippen LogP contribution in [0.25, 0.3) is 0 Å². The van der Waals surface area contributed by atoms with Crippen LogP contribution in [0.15, 0.2) is 0 Å². The molecule has 7 heteroatoms. The summed E-state index contributed by atoms with van der Waals surface area (Å²) < 4.78 is 5.13. The van der Waals surface area contributed by atoms with Gasteiger partial charge in [-0.05, 0) is 13.2 Å². The van der Waals surface area contributed by atoms with Crippen LogP contribution in [0, 0.1) is 5.41 Å². The Hall–Kier alpha value is -0.950. The smallest absolute Gasteiger partial charge is 0.315 e. The molecule has 0 bridgehead atoms. The molecule has 0 aromatic heterocycles. The van der Waals surface area contributed by atoms with Crippen molar-refractivity contribution in [3.8, 4) is 0 Å². The van der Waals surface area contributed by atoms with Crippen LogP contribution >= 0.6 is 11.8 Å². The number of ether oxygens (including phenoxy) is 1. The molecule has 0 spiro atoms. The lowest BCUT2D eigenvalue weighted by Gasteiger charge is -2.25. The number of nitrogens with one attached hydrogen (secondary N) is 2. The minimum atomic E-state index is -1.04. The van der Waals surface area contributed by atoms with Crippen LogP contribution in [0.1, 0.15) is 6.92 Å². The molecule has 1 aliphatic rings. The van der Waals surface area contributed by atoms with Gasteiger partial charge < -0.3 is 20.5 Å². The van der Waals surface area contributed by atoms with E-state index in [4.69, 9.17) is 9.84 Å². The fourth-order valence-corrected chi connectivity index (χ4v) is 1.87. The van der Waals surface area contributed by atoms with Crippen LogP contribution in [0.3, 0.4) is 0 Å². The zero-order valence-corrected chi connectivity index (χ0v) is 10.8. The van der Waals surface area contributed by atoms with E-state index in [1.807, 2.05) is 6.26 Å². The van der Waals surface area contributed by atoms with E-state index in [1.54, 1.807) is 18.7 Å². The lowest BCUT2D eigenvalue weighted by atomic mass is 9.85. The van der Waals surface area contributed by atoms with Gasteiger partial charge in [0.05, 0.1) is 19.3 Å². The number of hydrogen-bond acceptors (Lipinski definition) is 4. The zero-order chi connectivity index (χ0) is 12.9. The third kappa shape index (κ3) is 3.50. The molecule has 0 aliphatic carbocycles. The molecule has 1 rings (SSSR count). The van der Waals surface area contributed by atoms with Crippen molar-refractivity contribution >= 4 is 23.8 Å². The highest BCUT2D eigenvalue weighted by Crippen LogP contribution is 2.28. The molecular formula is C10H18N2O4S. The van der Waals surface area contributed by atoms with Gasteiger partial charge in [0.2, 0.25) is 0 Å². The molecule has 1 heterocycles. The maximum Gasteiger partial charge on any atom is 0.315 e. The van der Waals surface area contributed by atoms with Gasteiger partial charge in [-0.25, -0.2) is 4.79 Å². The second-order valence-corrected chi connectivity index (χ2v) is 5.17. The van der Waals surface area contributed by atoms with E-state index < -0.39 is 17.4 Å². The molecule has 0 radical (unpaired) electrons. The predicted octanol–water partition coefficient (Wildman–Crippen LogP) is 0.138. The average molecular weight is 262 g/mol. The Labute approximate surface area is 104 Å². The van der Waals surface area contributed by atoms with Crippen LogP contribution in [-0.4, -0.2) is 54.9 Å². The third-order valence-electron chi connectivity index (χ3n) is 2.84. The number of hydrogen-bond donors (Lipinski definition) is 3. The lowest BCUT2D eigenvalue weighted by Crippen LogP contribution is -2.52. The van der Waals surface area contributed by atoms with Gasteiger partial charge in [0.15, 0.2) is 0 Å². The molecule has 1 aliphatic heterocycles. The van der Waals surface area contributed by atoms with E-state index in [0.717, 1.165) is 5.75 Å². The summed E-state index contributed by atoms with van der Waals surface area (Å²) in [5.41, 5.74) is -1.04. The first-order chi connectivity index (χ1) is 8.00. The molecule has 1 saturated heterocycles. The maximum atomic E-state index is 11.5. The summed E-state index contributed by atoms with van der Waals surface area (Å²) in [5, 5.41) is 14.4. The monoisotopic (exact) mass is 262 g/mol. The number of carbonyl (C=O) groups is 2. The number of carboxylic acid groups (broad SMARTS) is 1. The second kappa shape index (κ2) is 6.11. The van der Waals surface area contributed by atoms with Crippen LogP contribution < -0.4 is 10.6 Å². The van der Waals surface area contributed by atoms with E-state index in [9.17, 15) is 9.59 Å². The number of carboxylic acids is 1. The fraction of sp³-hybridized carbons (Fsp3) is 0.800. The summed E-state index contributed by atoms with van der Waals surface area (Å²) in [7, 11) is 0. The third-order valence-corrected chi connectivity index (χ3v) is 3.45. The van der Waals surface area contributed by atoms with E-state index >= 15 is 0 Å². The van der Waals surface area contributed by atoms with Gasteiger partial charge in [-0.2, -0.15) is 11.8 Å². The molecular weight excluding hydrogens is 244 g/mol. The number of amides is 2. The Morgan fingerprint density at radius 3 is 2.88 bits per heavy atom. The van der Waals surface area contributed by atoms with Crippen molar-refractivity contribution in [1.82, 2.24) is 10.6 Å². The largest absolute Gasteiger partial charge is 0.481 e. The van der Waals surface area contributed by atoms with Crippen molar-refractivity contribution in [2.45, 2.75) is 13.0 Å². The predicted molar refractivity (Wildman–Crippen MR) is 65.3 cm³/mol. The van der Waals surface area contributed by atoms with Gasteiger partial charge in [0.25, 0.3) is 0 Å². The van der Waals surface area contributed by atoms with Gasteiger partial charge in [0.1, 0.15) is 5.41 Å². The molecule has 98 valence electrons. The molecule has 2 amide bonds. The Morgan fingerprint density at radius 2 is 2.29 bits per heavy atom. The number of rotatable bonds is 5.